The van der Waals surface area contributed by atoms with E-state index in [1.807, 2.05) is 43.3 Å². The summed E-state index contributed by atoms with van der Waals surface area (Å²) in [5.41, 5.74) is 0.607. The van der Waals surface area contributed by atoms with Gasteiger partial charge < -0.3 is 9.73 Å². The van der Waals surface area contributed by atoms with Gasteiger partial charge in [-0.3, -0.25) is 9.69 Å². The van der Waals surface area contributed by atoms with Gasteiger partial charge in [-0.15, -0.1) is 0 Å². The maximum absolute atomic E-state index is 12.3. The lowest BCUT2D eigenvalue weighted by molar-refractivity contribution is 0.0938. The first-order valence-electron chi connectivity index (χ1n) is 6.42. The summed E-state index contributed by atoms with van der Waals surface area (Å²) < 4.78 is 7.11. The van der Waals surface area contributed by atoms with E-state index in [1.54, 1.807) is 12.3 Å². The molecule has 0 radical (unpaired) electrons. The van der Waals surface area contributed by atoms with Crippen LogP contribution in [-0.2, 0) is 0 Å². The summed E-state index contributed by atoms with van der Waals surface area (Å²) in [7, 11) is 3.91. The highest BCUT2D eigenvalue weighted by Crippen LogP contribution is 2.22. The molecule has 1 aromatic heterocycles. The van der Waals surface area contributed by atoms with Gasteiger partial charge in [-0.2, -0.15) is 0 Å². The van der Waals surface area contributed by atoms with E-state index >= 15 is 0 Å². The molecule has 0 aliphatic rings. The molecule has 0 fully saturated rings. The van der Waals surface area contributed by atoms with E-state index < -0.39 is 0 Å². The number of likely N-dealkylation sites (N-methyl/N-ethyl adjacent to an activating group) is 1. The fourth-order valence-corrected chi connectivity index (χ4v) is 3.20. The van der Waals surface area contributed by atoms with Crippen LogP contribution < -0.4 is 5.32 Å². The zero-order valence-corrected chi connectivity index (χ0v) is 14.9. The Morgan fingerprint density at radius 1 is 1.33 bits per heavy atom. The third kappa shape index (κ3) is 4.18. The van der Waals surface area contributed by atoms with Crippen LogP contribution in [0, 0.1) is 0 Å². The number of amides is 1. The number of halogens is 2. The lowest BCUT2D eigenvalue weighted by Crippen LogP contribution is -2.34. The number of carbonyl (C=O) groups is 1. The summed E-state index contributed by atoms with van der Waals surface area (Å²) in [5.74, 6) is 0.711. The summed E-state index contributed by atoms with van der Waals surface area (Å²) in [6, 6.07) is 9.23. The van der Waals surface area contributed by atoms with Crippen LogP contribution in [0.5, 0.6) is 0 Å². The highest BCUT2D eigenvalue weighted by molar-refractivity contribution is 9.11. The summed E-state index contributed by atoms with van der Waals surface area (Å²) in [5, 5.41) is 2.94. The number of nitrogens with zero attached hydrogens (tertiary/aromatic N) is 1. The molecular weight excluding hydrogens is 400 g/mol. The van der Waals surface area contributed by atoms with Gasteiger partial charge in [0, 0.05) is 15.5 Å². The molecule has 0 spiro atoms. The molecule has 112 valence electrons. The predicted octanol–water partition coefficient (Wildman–Crippen LogP) is 3.84. The topological polar surface area (TPSA) is 45.5 Å². The molecule has 1 unspecified atom stereocenters. The number of furan rings is 1. The minimum Gasteiger partial charge on any atom is -0.468 e. The molecular formula is C15H16Br2N2O2. The third-order valence-electron chi connectivity index (χ3n) is 3.13. The molecule has 21 heavy (non-hydrogen) atoms. The second-order valence-corrected chi connectivity index (χ2v) is 6.60. The number of benzene rings is 1. The van der Waals surface area contributed by atoms with E-state index in [-0.39, 0.29) is 11.9 Å². The zero-order valence-electron chi connectivity index (χ0n) is 11.8. The van der Waals surface area contributed by atoms with Crippen molar-refractivity contribution >= 4 is 37.8 Å². The average molecular weight is 416 g/mol. The molecule has 2 rings (SSSR count). The van der Waals surface area contributed by atoms with Crippen molar-refractivity contribution in [1.29, 1.82) is 0 Å². The minimum absolute atomic E-state index is 0.00169. The largest absolute Gasteiger partial charge is 0.468 e. The summed E-state index contributed by atoms with van der Waals surface area (Å²) >= 11 is 6.77. The molecule has 0 aliphatic heterocycles. The molecule has 1 N–H and O–H groups in total. The molecule has 1 aromatic carbocycles. The molecule has 1 atom stereocenters. The van der Waals surface area contributed by atoms with Gasteiger partial charge in [-0.05, 0) is 60.4 Å². The van der Waals surface area contributed by atoms with E-state index in [0.717, 1.165) is 14.7 Å². The average Bonchev–Trinajstić information content (AvgIpc) is 2.92. The van der Waals surface area contributed by atoms with Crippen LogP contribution in [0.3, 0.4) is 0 Å². The predicted molar refractivity (Wildman–Crippen MR) is 89.3 cm³/mol. The zero-order chi connectivity index (χ0) is 15.4. The number of carbonyl (C=O) groups excluding carboxylic acids is 1. The van der Waals surface area contributed by atoms with Gasteiger partial charge in [-0.25, -0.2) is 0 Å². The maximum Gasteiger partial charge on any atom is 0.252 e. The highest BCUT2D eigenvalue weighted by Gasteiger charge is 2.19. The van der Waals surface area contributed by atoms with E-state index in [9.17, 15) is 4.79 Å². The first-order valence-corrected chi connectivity index (χ1v) is 8.00. The summed E-state index contributed by atoms with van der Waals surface area (Å²) in [4.78, 5) is 14.3. The van der Waals surface area contributed by atoms with Crippen molar-refractivity contribution in [3.05, 3.63) is 56.9 Å². The second-order valence-electron chi connectivity index (χ2n) is 4.83. The molecule has 2 aromatic rings. The molecule has 6 heteroatoms. The smallest absolute Gasteiger partial charge is 0.252 e. The van der Waals surface area contributed by atoms with Gasteiger partial charge in [0.05, 0.1) is 17.9 Å². The first kappa shape index (κ1) is 16.3. The lowest BCUT2D eigenvalue weighted by Gasteiger charge is -2.22. The third-order valence-corrected chi connectivity index (χ3v) is 4.28. The Bertz CT molecular complexity index is 612. The Hall–Kier alpha value is -1.11. The van der Waals surface area contributed by atoms with Gasteiger partial charge in [0.15, 0.2) is 0 Å². The van der Waals surface area contributed by atoms with Crippen molar-refractivity contribution in [2.75, 3.05) is 20.6 Å². The van der Waals surface area contributed by atoms with Gasteiger partial charge in [0.25, 0.3) is 5.91 Å². The van der Waals surface area contributed by atoms with E-state index in [2.05, 4.69) is 37.2 Å². The van der Waals surface area contributed by atoms with Gasteiger partial charge in [0.1, 0.15) is 5.76 Å². The van der Waals surface area contributed by atoms with Gasteiger partial charge in [-0.1, -0.05) is 15.9 Å². The monoisotopic (exact) mass is 414 g/mol. The standard InChI is InChI=1S/C15H16Br2N2O2/c1-19(2)13(14-4-3-7-21-14)9-18-15(20)11-6-5-10(16)8-12(11)17/h3-8,13H,9H2,1-2H3,(H,18,20). The van der Waals surface area contributed by atoms with Crippen molar-refractivity contribution in [3.63, 3.8) is 0 Å². The van der Waals surface area contributed by atoms with Crippen LogP contribution >= 0.6 is 31.9 Å². The normalized spacial score (nSPS) is 12.4. The molecule has 1 heterocycles. The molecule has 1 amide bonds. The highest BCUT2D eigenvalue weighted by atomic mass is 79.9. The van der Waals surface area contributed by atoms with Crippen LogP contribution in [0.1, 0.15) is 22.2 Å². The number of hydrogen-bond acceptors (Lipinski definition) is 3. The number of hydrogen-bond donors (Lipinski definition) is 1. The Morgan fingerprint density at radius 2 is 2.10 bits per heavy atom. The Balaban J connectivity index is 2.05. The van der Waals surface area contributed by atoms with Crippen LogP contribution in [0.2, 0.25) is 0 Å². The van der Waals surface area contributed by atoms with Crippen LogP contribution in [-0.4, -0.2) is 31.4 Å². The van der Waals surface area contributed by atoms with Gasteiger partial charge >= 0.3 is 0 Å². The van der Waals surface area contributed by atoms with Crippen molar-refractivity contribution < 1.29 is 9.21 Å². The Kier molecular flexibility index (Phi) is 5.61. The number of nitrogens with one attached hydrogen (secondary N) is 1. The van der Waals surface area contributed by atoms with Crippen LogP contribution in [0.25, 0.3) is 0 Å². The van der Waals surface area contributed by atoms with E-state index in [1.165, 1.54) is 0 Å². The first-order chi connectivity index (χ1) is 9.99. The summed E-state index contributed by atoms with van der Waals surface area (Å²) in [6.07, 6.45) is 1.64. The van der Waals surface area contributed by atoms with E-state index in [4.69, 9.17) is 4.42 Å². The van der Waals surface area contributed by atoms with Crippen LogP contribution in [0.15, 0.2) is 50.0 Å². The van der Waals surface area contributed by atoms with Crippen molar-refractivity contribution in [3.8, 4) is 0 Å². The van der Waals surface area contributed by atoms with Crippen molar-refractivity contribution in [2.24, 2.45) is 0 Å². The van der Waals surface area contributed by atoms with Crippen molar-refractivity contribution in [1.82, 2.24) is 10.2 Å². The minimum atomic E-state index is -0.118. The SMILES string of the molecule is CN(C)C(CNC(=O)c1ccc(Br)cc1Br)c1ccco1. The fourth-order valence-electron chi connectivity index (χ4n) is 1.98. The molecule has 0 aliphatic carbocycles. The summed E-state index contributed by atoms with van der Waals surface area (Å²) in [6.45, 7) is 0.474. The second kappa shape index (κ2) is 7.24. The quantitative estimate of drug-likeness (QED) is 0.806. The van der Waals surface area contributed by atoms with Gasteiger partial charge in [0.2, 0.25) is 0 Å². The Morgan fingerprint density at radius 3 is 2.67 bits per heavy atom. The molecule has 0 saturated carbocycles. The molecule has 0 bridgehead atoms. The van der Waals surface area contributed by atoms with Crippen LogP contribution in [0.4, 0.5) is 0 Å². The Labute approximate surface area is 140 Å². The van der Waals surface area contributed by atoms with Crippen molar-refractivity contribution in [2.45, 2.75) is 6.04 Å². The lowest BCUT2D eigenvalue weighted by atomic mass is 10.2. The van der Waals surface area contributed by atoms with E-state index in [0.29, 0.717) is 12.1 Å². The molecule has 4 nitrogen and oxygen atoms in total. The maximum atomic E-state index is 12.3. The molecule has 0 saturated heterocycles. The fraction of sp³-hybridized carbons (Fsp3) is 0.267. The number of rotatable bonds is 5.